The highest BCUT2D eigenvalue weighted by Crippen LogP contribution is 2.24. The number of carbonyl (C=O) groups excluding carboxylic acids is 1. The highest BCUT2D eigenvalue weighted by atomic mass is 16.5. The Morgan fingerprint density at radius 3 is 2.61 bits per heavy atom. The largest absolute Gasteiger partial charge is 0.507 e. The summed E-state index contributed by atoms with van der Waals surface area (Å²) in [4.78, 5) is 25.6. The van der Waals surface area contributed by atoms with E-state index < -0.39 is 5.91 Å². The number of aryl methyl sites for hydroxylation is 1. The van der Waals surface area contributed by atoms with Gasteiger partial charge in [0.05, 0.1) is 18.2 Å². The van der Waals surface area contributed by atoms with Crippen LogP contribution in [0.25, 0.3) is 10.8 Å². The van der Waals surface area contributed by atoms with E-state index in [9.17, 15) is 14.7 Å². The second kappa shape index (κ2) is 9.88. The average molecular weight is 422 g/mol. The predicted octanol–water partition coefficient (Wildman–Crippen LogP) is 3.45. The van der Waals surface area contributed by atoms with E-state index in [0.29, 0.717) is 34.3 Å². The van der Waals surface area contributed by atoms with Gasteiger partial charge in [0.15, 0.2) is 5.69 Å². The quantitative estimate of drug-likeness (QED) is 0.329. The molecule has 162 valence electrons. The number of carbonyl (C=O) groups is 1. The number of phenolic OH excluding ortho intramolecular Hbond substituents is 1. The lowest BCUT2D eigenvalue weighted by Crippen LogP contribution is -2.29. The number of nitrogens with one attached hydrogen (secondary N) is 1. The molecule has 0 aliphatic carbocycles. The van der Waals surface area contributed by atoms with E-state index in [1.54, 1.807) is 43.3 Å². The molecular formula is C23H26N4O4. The lowest BCUT2D eigenvalue weighted by atomic mass is 10.1. The fraction of sp³-hybridized carbons (Fsp3) is 0.304. The van der Waals surface area contributed by atoms with E-state index in [4.69, 9.17) is 4.74 Å². The zero-order chi connectivity index (χ0) is 22.4. The van der Waals surface area contributed by atoms with Crippen LogP contribution >= 0.6 is 0 Å². The number of hydrazone groups is 1. The van der Waals surface area contributed by atoms with Gasteiger partial charge in [-0.05, 0) is 31.5 Å². The van der Waals surface area contributed by atoms with Crippen LogP contribution in [0.15, 0.2) is 52.4 Å². The molecule has 1 heterocycles. The molecule has 1 aromatic heterocycles. The zero-order valence-corrected chi connectivity index (χ0v) is 17.9. The smallest absolute Gasteiger partial charge is 0.292 e. The number of amides is 1. The number of phenols is 1. The lowest BCUT2D eigenvalue weighted by molar-refractivity contribution is 0.0949. The molecule has 0 saturated heterocycles. The van der Waals surface area contributed by atoms with Crippen LogP contribution < -0.4 is 15.7 Å². The summed E-state index contributed by atoms with van der Waals surface area (Å²) in [5, 5.41) is 19.5. The Morgan fingerprint density at radius 2 is 1.94 bits per heavy atom. The van der Waals surface area contributed by atoms with Gasteiger partial charge in [0.2, 0.25) is 0 Å². The maximum Gasteiger partial charge on any atom is 0.292 e. The van der Waals surface area contributed by atoms with Crippen molar-refractivity contribution >= 4 is 22.4 Å². The van der Waals surface area contributed by atoms with Gasteiger partial charge in [0.1, 0.15) is 11.5 Å². The standard InChI is InChI=1S/C23H26N4O4/c1-4-5-8-13-27-23(30)19-10-7-6-9-18(19)21(26-27)22(29)25-24-15(2)17-12-11-16(31-3)14-20(17)28/h6-7,9-12,14,28H,4-5,8,13H2,1-3H3,(H,25,29)/b24-15+. The number of unbranched alkanes of at least 4 members (excludes halogenated alkanes) is 2. The van der Waals surface area contributed by atoms with Crippen LogP contribution in [0.2, 0.25) is 0 Å². The first-order valence-electron chi connectivity index (χ1n) is 10.2. The monoisotopic (exact) mass is 422 g/mol. The molecule has 8 nitrogen and oxygen atoms in total. The van der Waals surface area contributed by atoms with Gasteiger partial charge in [-0.3, -0.25) is 9.59 Å². The summed E-state index contributed by atoms with van der Waals surface area (Å²) in [7, 11) is 1.51. The number of fused-ring (bicyclic) bond motifs is 1. The number of aromatic hydroxyl groups is 1. The van der Waals surface area contributed by atoms with Crippen molar-refractivity contribution in [1.82, 2.24) is 15.2 Å². The summed E-state index contributed by atoms with van der Waals surface area (Å²) >= 11 is 0. The number of ether oxygens (including phenoxy) is 1. The molecule has 0 radical (unpaired) electrons. The van der Waals surface area contributed by atoms with Crippen molar-refractivity contribution < 1.29 is 14.6 Å². The molecule has 8 heteroatoms. The number of hydrogen-bond donors (Lipinski definition) is 2. The minimum absolute atomic E-state index is 0.0112. The molecule has 3 aromatic rings. The molecule has 0 bridgehead atoms. The van der Waals surface area contributed by atoms with Gasteiger partial charge >= 0.3 is 0 Å². The molecular weight excluding hydrogens is 396 g/mol. The van der Waals surface area contributed by atoms with Gasteiger partial charge < -0.3 is 9.84 Å². The molecule has 1 amide bonds. The third-order valence-electron chi connectivity index (χ3n) is 4.98. The van der Waals surface area contributed by atoms with Crippen molar-refractivity contribution in [3.8, 4) is 11.5 Å². The van der Waals surface area contributed by atoms with Crippen LogP contribution in [0.4, 0.5) is 0 Å². The van der Waals surface area contributed by atoms with Crippen molar-refractivity contribution in [3.05, 3.63) is 64.1 Å². The fourth-order valence-electron chi connectivity index (χ4n) is 3.26. The summed E-state index contributed by atoms with van der Waals surface area (Å²) < 4.78 is 6.42. The maximum absolute atomic E-state index is 12.9. The Labute approximate surface area is 180 Å². The Hall–Kier alpha value is -3.68. The Bertz CT molecular complexity index is 1180. The molecule has 0 unspecified atom stereocenters. The highest BCUT2D eigenvalue weighted by molar-refractivity contribution is 6.06. The third kappa shape index (κ3) is 4.91. The van der Waals surface area contributed by atoms with Gasteiger partial charge in [-0.2, -0.15) is 10.2 Å². The average Bonchev–Trinajstić information content (AvgIpc) is 2.78. The summed E-state index contributed by atoms with van der Waals surface area (Å²) in [6.07, 6.45) is 2.79. The second-order valence-electron chi connectivity index (χ2n) is 7.15. The first kappa shape index (κ1) is 22.0. The number of aromatic nitrogens is 2. The van der Waals surface area contributed by atoms with Crippen LogP contribution in [-0.2, 0) is 6.54 Å². The minimum Gasteiger partial charge on any atom is -0.507 e. The Kier molecular flexibility index (Phi) is 7.02. The summed E-state index contributed by atoms with van der Waals surface area (Å²) in [5.41, 5.74) is 3.27. The summed E-state index contributed by atoms with van der Waals surface area (Å²) in [6.45, 7) is 4.19. The first-order chi connectivity index (χ1) is 15.0. The van der Waals surface area contributed by atoms with E-state index >= 15 is 0 Å². The molecule has 0 spiro atoms. The number of nitrogens with zero attached hydrogens (tertiary/aromatic N) is 3. The van der Waals surface area contributed by atoms with Crippen molar-refractivity contribution in [2.24, 2.45) is 5.10 Å². The normalized spacial score (nSPS) is 11.5. The number of rotatable bonds is 8. The van der Waals surface area contributed by atoms with Crippen molar-refractivity contribution in [2.45, 2.75) is 39.7 Å². The maximum atomic E-state index is 12.9. The van der Waals surface area contributed by atoms with E-state index in [-0.39, 0.29) is 17.0 Å². The molecule has 31 heavy (non-hydrogen) atoms. The van der Waals surface area contributed by atoms with Crippen LogP contribution in [0.3, 0.4) is 0 Å². The van der Waals surface area contributed by atoms with Crippen LogP contribution in [0.5, 0.6) is 11.5 Å². The predicted molar refractivity (Wildman–Crippen MR) is 120 cm³/mol. The third-order valence-corrected chi connectivity index (χ3v) is 4.98. The fourth-order valence-corrected chi connectivity index (χ4v) is 3.26. The van der Waals surface area contributed by atoms with E-state index in [0.717, 1.165) is 19.3 Å². The number of hydrogen-bond acceptors (Lipinski definition) is 6. The van der Waals surface area contributed by atoms with Gasteiger partial charge in [-0.25, -0.2) is 10.1 Å². The van der Waals surface area contributed by atoms with Gasteiger partial charge in [-0.1, -0.05) is 38.0 Å². The molecule has 0 atom stereocenters. The highest BCUT2D eigenvalue weighted by Gasteiger charge is 2.17. The van der Waals surface area contributed by atoms with E-state index in [1.807, 2.05) is 0 Å². The minimum atomic E-state index is -0.534. The molecule has 2 aromatic carbocycles. The first-order valence-corrected chi connectivity index (χ1v) is 10.2. The molecule has 0 aliphatic heterocycles. The summed E-state index contributed by atoms with van der Waals surface area (Å²) in [5.74, 6) is -0.0326. The van der Waals surface area contributed by atoms with Gasteiger partial charge in [0.25, 0.3) is 11.5 Å². The molecule has 0 aliphatic rings. The molecule has 3 rings (SSSR count). The SMILES string of the molecule is CCCCCn1nc(C(=O)N/N=C(\C)c2ccc(OC)cc2O)c2ccccc2c1=O. The van der Waals surface area contributed by atoms with Crippen LogP contribution in [0, 0.1) is 0 Å². The van der Waals surface area contributed by atoms with Crippen LogP contribution in [-0.4, -0.2) is 33.6 Å². The van der Waals surface area contributed by atoms with Crippen molar-refractivity contribution in [3.63, 3.8) is 0 Å². The van der Waals surface area contributed by atoms with Gasteiger partial charge in [0, 0.05) is 23.6 Å². The second-order valence-corrected chi connectivity index (χ2v) is 7.15. The topological polar surface area (TPSA) is 106 Å². The Morgan fingerprint density at radius 1 is 1.19 bits per heavy atom. The zero-order valence-electron chi connectivity index (χ0n) is 17.9. The number of methoxy groups -OCH3 is 1. The Balaban J connectivity index is 1.92. The van der Waals surface area contributed by atoms with Crippen LogP contribution in [0.1, 0.15) is 49.2 Å². The van der Waals surface area contributed by atoms with Gasteiger partial charge in [-0.15, -0.1) is 0 Å². The lowest BCUT2D eigenvalue weighted by Gasteiger charge is -2.10. The number of benzene rings is 2. The molecule has 2 N–H and O–H groups in total. The molecule has 0 fully saturated rings. The van der Waals surface area contributed by atoms with Crippen molar-refractivity contribution in [2.75, 3.05) is 7.11 Å². The molecule has 0 saturated carbocycles. The van der Waals surface area contributed by atoms with Crippen molar-refractivity contribution in [1.29, 1.82) is 0 Å². The van der Waals surface area contributed by atoms with E-state index in [1.165, 1.54) is 17.9 Å². The van der Waals surface area contributed by atoms with E-state index in [2.05, 4.69) is 22.5 Å². The summed E-state index contributed by atoms with van der Waals surface area (Å²) in [6, 6.07) is 11.7.